The van der Waals surface area contributed by atoms with Crippen molar-refractivity contribution < 1.29 is 48.2 Å². The minimum atomic E-state index is -1.20. The van der Waals surface area contributed by atoms with Crippen molar-refractivity contribution in [2.24, 2.45) is 0 Å². The second-order valence-corrected chi connectivity index (χ2v) is 11.8. The number of nitrogens with one attached hydrogen (secondary N) is 1. The summed E-state index contributed by atoms with van der Waals surface area (Å²) >= 11 is 0. The molecule has 0 spiro atoms. The summed E-state index contributed by atoms with van der Waals surface area (Å²) in [4.78, 5) is 85.8. The van der Waals surface area contributed by atoms with Gasteiger partial charge in [0.05, 0.1) is 25.4 Å². The number of ether oxygens (including phenoxy) is 2. The zero-order chi connectivity index (χ0) is 35.7. The minimum Gasteiger partial charge on any atom is -0.481 e. The number of piperazine rings is 1. The van der Waals surface area contributed by atoms with Crippen LogP contribution in [0.5, 0.6) is 5.88 Å². The molecule has 17 nitrogen and oxygen atoms in total. The molecule has 0 radical (unpaired) electrons. The molecular weight excluding hydrogens is 642 g/mol. The van der Waals surface area contributed by atoms with E-state index in [4.69, 9.17) is 14.3 Å². The van der Waals surface area contributed by atoms with Gasteiger partial charge in [0.15, 0.2) is 11.8 Å². The first-order valence-electron chi connectivity index (χ1n) is 16.1. The molecule has 2 aliphatic rings. The van der Waals surface area contributed by atoms with Crippen LogP contribution in [0.3, 0.4) is 0 Å². The Labute approximate surface area is 283 Å². The highest BCUT2D eigenvalue weighted by Gasteiger charge is 2.38. The highest BCUT2D eigenvalue weighted by atomic mass is 16.8. The molecule has 3 atom stereocenters. The van der Waals surface area contributed by atoms with Gasteiger partial charge >= 0.3 is 12.1 Å². The van der Waals surface area contributed by atoms with E-state index < -0.39 is 48.0 Å². The summed E-state index contributed by atoms with van der Waals surface area (Å²) in [6.45, 7) is 4.43. The van der Waals surface area contributed by atoms with Gasteiger partial charge in [-0.15, -0.1) is 5.06 Å². The van der Waals surface area contributed by atoms with Crippen molar-refractivity contribution in [3.8, 4) is 11.6 Å². The molecule has 2 saturated heterocycles. The third-order valence-corrected chi connectivity index (χ3v) is 8.08. The Balaban J connectivity index is 1.51. The van der Waals surface area contributed by atoms with Crippen LogP contribution >= 0.6 is 0 Å². The average Bonchev–Trinajstić information content (AvgIpc) is 3.74. The van der Waals surface area contributed by atoms with E-state index in [0.717, 1.165) is 0 Å². The molecule has 2 aromatic rings. The number of hydroxylamine groups is 2. The van der Waals surface area contributed by atoms with E-state index in [9.17, 15) is 33.9 Å². The first-order chi connectivity index (χ1) is 23.4. The number of amides is 4. The van der Waals surface area contributed by atoms with Gasteiger partial charge in [0, 0.05) is 46.2 Å². The lowest BCUT2D eigenvalue weighted by Gasteiger charge is -2.35. The number of benzene rings is 1. The predicted octanol–water partition coefficient (Wildman–Crippen LogP) is 0.914. The van der Waals surface area contributed by atoms with Gasteiger partial charge in [-0.3, -0.25) is 24.0 Å². The van der Waals surface area contributed by atoms with Gasteiger partial charge < -0.3 is 39.4 Å². The quantitative estimate of drug-likeness (QED) is 0.284. The number of rotatable bonds is 13. The number of aromatic nitrogens is 2. The average molecular weight is 686 g/mol. The zero-order valence-electron chi connectivity index (χ0n) is 28.1. The van der Waals surface area contributed by atoms with Gasteiger partial charge in [-0.1, -0.05) is 18.2 Å². The van der Waals surface area contributed by atoms with Gasteiger partial charge in [-0.2, -0.15) is 5.10 Å². The van der Waals surface area contributed by atoms with Crippen LogP contribution in [0.25, 0.3) is 5.69 Å². The molecule has 49 heavy (non-hydrogen) atoms. The lowest BCUT2D eigenvalue weighted by atomic mass is 10.1. The monoisotopic (exact) mass is 685 g/mol. The van der Waals surface area contributed by atoms with E-state index in [0.29, 0.717) is 25.1 Å². The molecule has 2 N–H and O–H groups in total. The van der Waals surface area contributed by atoms with Gasteiger partial charge in [-0.05, 0) is 45.2 Å². The largest absolute Gasteiger partial charge is 0.527 e. The van der Waals surface area contributed by atoms with Gasteiger partial charge in [-0.25, -0.2) is 9.48 Å². The van der Waals surface area contributed by atoms with Gasteiger partial charge in [0.25, 0.3) is 11.8 Å². The molecule has 17 heteroatoms. The fourth-order valence-electron chi connectivity index (χ4n) is 5.59. The maximum absolute atomic E-state index is 13.6. The standard InChI is InChI=1S/C32H43N7O10/c1-5-47-32(46)49-37-18-16-36(17-19-37)30(44)23(13-14-27(40)41)33-28(42)24-20-26(39(34-24)22-10-7-6-8-11-22)48-21(2)29(43)38-15-9-12-25(38)31(45)35(3)4/h6-8,10-11,20-21,23,25H,5,9,12-19H2,1-4H3,(H,33,42)(H,40,41)/t21-,23?,25-/m0/s1. The Bertz CT molecular complexity index is 1510. The summed E-state index contributed by atoms with van der Waals surface area (Å²) in [6, 6.07) is 8.31. The van der Waals surface area contributed by atoms with Gasteiger partial charge in [0.2, 0.25) is 17.7 Å². The van der Waals surface area contributed by atoms with Crippen LogP contribution in [0.4, 0.5) is 4.79 Å². The maximum Gasteiger partial charge on any atom is 0.527 e. The van der Waals surface area contributed by atoms with Crippen molar-refractivity contribution in [1.82, 2.24) is 34.9 Å². The maximum atomic E-state index is 13.6. The van der Waals surface area contributed by atoms with Crippen molar-refractivity contribution in [3.05, 3.63) is 42.1 Å². The Morgan fingerprint density at radius 3 is 2.35 bits per heavy atom. The SMILES string of the molecule is CCOC(=O)ON1CCN(C(=O)C(CCC(=O)O)NC(=O)c2cc(O[C@@H](C)C(=O)N3CCC[C@H]3C(=O)N(C)C)n(-c3ccccc3)n2)CC1. The Hall–Kier alpha value is -5.19. The fraction of sp³-hybridized carbons (Fsp3) is 0.531. The number of carbonyl (C=O) groups excluding carboxylic acids is 5. The third kappa shape index (κ3) is 9.46. The number of carbonyl (C=O) groups is 6. The van der Waals surface area contributed by atoms with E-state index in [-0.39, 0.29) is 63.1 Å². The molecule has 4 rings (SSSR count). The second kappa shape index (κ2) is 16.8. The summed E-state index contributed by atoms with van der Waals surface area (Å²) in [6.07, 6.45) is -1.25. The molecule has 1 aromatic carbocycles. The number of carboxylic acids is 1. The first-order valence-corrected chi connectivity index (χ1v) is 16.1. The van der Waals surface area contributed by atoms with Crippen molar-refractivity contribution >= 4 is 35.8 Å². The number of hydrogen-bond acceptors (Lipinski definition) is 11. The molecule has 1 aromatic heterocycles. The molecular formula is C32H43N7O10. The molecule has 4 amide bonds. The predicted molar refractivity (Wildman–Crippen MR) is 171 cm³/mol. The number of aliphatic carboxylic acids is 1. The Morgan fingerprint density at radius 2 is 1.71 bits per heavy atom. The van der Waals surface area contributed by atoms with Crippen molar-refractivity contribution in [3.63, 3.8) is 0 Å². The summed E-state index contributed by atoms with van der Waals surface area (Å²) in [5.74, 6) is -2.91. The van der Waals surface area contributed by atoms with Crippen LogP contribution in [0.1, 0.15) is 50.0 Å². The number of hydrogen-bond donors (Lipinski definition) is 2. The molecule has 2 aliphatic heterocycles. The van der Waals surface area contributed by atoms with Crippen molar-refractivity contribution in [2.75, 3.05) is 53.4 Å². The number of likely N-dealkylation sites (N-methyl/N-ethyl adjacent to an activating group) is 1. The van der Waals surface area contributed by atoms with Crippen LogP contribution in [0.2, 0.25) is 0 Å². The molecule has 0 aliphatic carbocycles. The van der Waals surface area contributed by atoms with Crippen LogP contribution in [-0.2, 0) is 28.8 Å². The summed E-state index contributed by atoms with van der Waals surface area (Å²) in [5, 5.41) is 17.7. The number of carboxylic acid groups (broad SMARTS) is 1. The highest BCUT2D eigenvalue weighted by Crippen LogP contribution is 2.24. The third-order valence-electron chi connectivity index (χ3n) is 8.08. The molecule has 3 heterocycles. The topological polar surface area (TPSA) is 193 Å². The highest BCUT2D eigenvalue weighted by molar-refractivity contribution is 5.96. The van der Waals surface area contributed by atoms with Gasteiger partial charge in [0.1, 0.15) is 12.1 Å². The van der Waals surface area contributed by atoms with E-state index in [2.05, 4.69) is 10.4 Å². The lowest BCUT2D eigenvalue weighted by Crippen LogP contribution is -2.55. The van der Waals surface area contributed by atoms with Crippen LogP contribution < -0.4 is 10.1 Å². The van der Waals surface area contributed by atoms with Crippen LogP contribution in [-0.4, -0.2) is 142 Å². The Kier molecular flexibility index (Phi) is 12.5. The van der Waals surface area contributed by atoms with E-state index >= 15 is 0 Å². The molecule has 2 fully saturated rings. The number of nitrogens with zero attached hydrogens (tertiary/aromatic N) is 6. The van der Waals surface area contributed by atoms with E-state index in [1.807, 2.05) is 0 Å². The number of likely N-dealkylation sites (tertiary alicyclic amines) is 1. The molecule has 0 bridgehead atoms. The number of para-hydroxylation sites is 1. The zero-order valence-corrected chi connectivity index (χ0v) is 28.1. The molecule has 266 valence electrons. The van der Waals surface area contributed by atoms with Crippen LogP contribution in [0, 0.1) is 0 Å². The van der Waals surface area contributed by atoms with Crippen LogP contribution in [0.15, 0.2) is 36.4 Å². The fourth-order valence-corrected chi connectivity index (χ4v) is 5.59. The lowest BCUT2D eigenvalue weighted by molar-refractivity contribution is -0.157. The van der Waals surface area contributed by atoms with E-state index in [1.54, 1.807) is 58.3 Å². The summed E-state index contributed by atoms with van der Waals surface area (Å²) < 4.78 is 12.2. The smallest absolute Gasteiger partial charge is 0.481 e. The second-order valence-electron chi connectivity index (χ2n) is 11.8. The summed E-state index contributed by atoms with van der Waals surface area (Å²) in [7, 11) is 3.27. The normalized spacial score (nSPS) is 17.5. The van der Waals surface area contributed by atoms with Crippen molar-refractivity contribution in [2.45, 2.75) is 57.7 Å². The molecule has 1 unspecified atom stereocenters. The first kappa shape index (κ1) is 36.6. The van der Waals surface area contributed by atoms with Crippen molar-refractivity contribution in [1.29, 1.82) is 0 Å². The summed E-state index contributed by atoms with van der Waals surface area (Å²) in [5.41, 5.74) is 0.389. The van der Waals surface area contributed by atoms with E-state index in [1.165, 1.54) is 30.5 Å². The molecule has 0 saturated carbocycles. The Morgan fingerprint density at radius 1 is 1.02 bits per heavy atom. The minimum absolute atomic E-state index is 0.0676.